The van der Waals surface area contributed by atoms with Gasteiger partial charge in [-0.3, -0.25) is 9.99 Å². The second-order valence-corrected chi connectivity index (χ2v) is 6.03. The van der Waals surface area contributed by atoms with Crippen molar-refractivity contribution in [2.45, 2.75) is 20.8 Å². The minimum absolute atomic E-state index is 0.988. The van der Waals surface area contributed by atoms with Gasteiger partial charge >= 0.3 is 0 Å². The molecule has 0 atom stereocenters. The van der Waals surface area contributed by atoms with Gasteiger partial charge < -0.3 is 0 Å². The topological polar surface area (TPSA) is 42.2 Å². The zero-order valence-corrected chi connectivity index (χ0v) is 13.7. The smallest absolute Gasteiger partial charge is 0.193 e. The van der Waals surface area contributed by atoms with Crippen LogP contribution >= 0.6 is 11.3 Å². The predicted molar refractivity (Wildman–Crippen MR) is 93.3 cm³/mol. The van der Waals surface area contributed by atoms with Gasteiger partial charge in [-0.1, -0.05) is 18.2 Å². The van der Waals surface area contributed by atoms with Gasteiger partial charge in [-0.15, -0.1) is 11.3 Å². The Morgan fingerprint density at radius 3 is 2.77 bits per heavy atom. The van der Waals surface area contributed by atoms with Gasteiger partial charge in [0.25, 0.3) is 0 Å². The maximum Gasteiger partial charge on any atom is 0.193 e. The Labute approximate surface area is 134 Å². The highest BCUT2D eigenvalue weighted by atomic mass is 32.1. The van der Waals surface area contributed by atoms with Crippen LogP contribution in [0.25, 0.3) is 5.13 Å². The number of thiazole rings is 1. The van der Waals surface area contributed by atoms with Crippen molar-refractivity contribution in [3.63, 3.8) is 0 Å². The molecule has 0 saturated carbocycles. The molecule has 1 N–H and O–H groups in total. The van der Waals surface area contributed by atoms with Crippen LogP contribution in [0.4, 0.5) is 5.69 Å². The van der Waals surface area contributed by atoms with Crippen molar-refractivity contribution in [2.75, 3.05) is 5.43 Å². The fourth-order valence-electron chi connectivity index (χ4n) is 2.41. The monoisotopic (exact) mass is 310 g/mol. The maximum atomic E-state index is 4.38. The number of aryl methyl sites for hydroxylation is 2. The predicted octanol–water partition coefficient (Wildman–Crippen LogP) is 4.31. The highest BCUT2D eigenvalue weighted by molar-refractivity contribution is 7.12. The molecule has 0 aliphatic carbocycles. The molecule has 0 bridgehead atoms. The number of nitrogens with one attached hydrogen (secondary N) is 1. The summed E-state index contributed by atoms with van der Waals surface area (Å²) >= 11 is 1.63. The lowest BCUT2D eigenvalue weighted by Crippen LogP contribution is -1.99. The summed E-state index contributed by atoms with van der Waals surface area (Å²) in [4.78, 5) is 4.38. The van der Waals surface area contributed by atoms with E-state index in [1.807, 2.05) is 36.0 Å². The first kappa shape index (κ1) is 14.5. The van der Waals surface area contributed by atoms with Crippen LogP contribution in [0.5, 0.6) is 0 Å². The van der Waals surface area contributed by atoms with Crippen molar-refractivity contribution in [1.29, 1.82) is 0 Å². The molecule has 0 aliphatic rings. The minimum Gasteiger partial charge on any atom is -0.294 e. The number of anilines is 1. The third kappa shape index (κ3) is 2.80. The van der Waals surface area contributed by atoms with Gasteiger partial charge in [-0.25, -0.2) is 4.98 Å². The van der Waals surface area contributed by atoms with Crippen molar-refractivity contribution >= 4 is 23.2 Å². The van der Waals surface area contributed by atoms with E-state index in [1.54, 1.807) is 11.3 Å². The molecule has 4 nitrogen and oxygen atoms in total. The molecule has 2 aromatic heterocycles. The lowest BCUT2D eigenvalue weighted by Gasteiger charge is -2.05. The van der Waals surface area contributed by atoms with E-state index in [4.69, 9.17) is 0 Å². The summed E-state index contributed by atoms with van der Waals surface area (Å²) in [5, 5.41) is 7.34. The molecular formula is C17H18N4S. The number of hydrazone groups is 1. The molecular weight excluding hydrogens is 292 g/mol. The summed E-state index contributed by atoms with van der Waals surface area (Å²) in [6, 6.07) is 10.2. The number of benzene rings is 1. The van der Waals surface area contributed by atoms with Crippen LogP contribution in [-0.4, -0.2) is 15.8 Å². The first-order valence-electron chi connectivity index (χ1n) is 7.10. The molecule has 2 heterocycles. The first-order valence-corrected chi connectivity index (χ1v) is 7.98. The molecule has 3 rings (SSSR count). The van der Waals surface area contributed by atoms with Gasteiger partial charge in [-0.2, -0.15) is 5.10 Å². The second kappa shape index (κ2) is 6.15. The van der Waals surface area contributed by atoms with Gasteiger partial charge in [0.15, 0.2) is 5.13 Å². The minimum atomic E-state index is 0.988. The van der Waals surface area contributed by atoms with E-state index in [-0.39, 0.29) is 0 Å². The summed E-state index contributed by atoms with van der Waals surface area (Å²) in [6.45, 7) is 6.23. The Morgan fingerprint density at radius 1 is 1.23 bits per heavy atom. The molecule has 0 unspecified atom stereocenters. The SMILES string of the molecule is Cc1ccccc1N/N=C\c1cc(C)n(-c2nccs2)c1C. The van der Waals surface area contributed by atoms with Crippen LogP contribution in [0.3, 0.4) is 0 Å². The summed E-state index contributed by atoms with van der Waals surface area (Å²) < 4.78 is 2.15. The zero-order chi connectivity index (χ0) is 15.5. The first-order chi connectivity index (χ1) is 10.7. The largest absolute Gasteiger partial charge is 0.294 e. The fraction of sp³-hybridized carbons (Fsp3) is 0.176. The van der Waals surface area contributed by atoms with Crippen molar-refractivity contribution < 1.29 is 0 Å². The van der Waals surface area contributed by atoms with Crippen molar-refractivity contribution in [3.8, 4) is 5.13 Å². The lowest BCUT2D eigenvalue weighted by atomic mass is 10.2. The van der Waals surface area contributed by atoms with Crippen LogP contribution in [-0.2, 0) is 0 Å². The van der Waals surface area contributed by atoms with Crippen molar-refractivity contribution in [1.82, 2.24) is 9.55 Å². The Kier molecular flexibility index (Phi) is 4.06. The second-order valence-electron chi connectivity index (χ2n) is 5.16. The molecule has 0 spiro atoms. The van der Waals surface area contributed by atoms with Gasteiger partial charge in [0.1, 0.15) is 0 Å². The third-order valence-electron chi connectivity index (χ3n) is 3.61. The zero-order valence-electron chi connectivity index (χ0n) is 12.9. The molecule has 0 saturated heterocycles. The van der Waals surface area contributed by atoms with Crippen molar-refractivity contribution in [2.24, 2.45) is 5.10 Å². The van der Waals surface area contributed by atoms with E-state index in [0.717, 1.165) is 27.8 Å². The molecule has 1 aromatic carbocycles. The maximum absolute atomic E-state index is 4.38. The van der Waals surface area contributed by atoms with E-state index in [1.165, 1.54) is 5.56 Å². The number of rotatable bonds is 4. The molecule has 0 amide bonds. The van der Waals surface area contributed by atoms with Gasteiger partial charge in [0.2, 0.25) is 0 Å². The van der Waals surface area contributed by atoms with E-state index < -0.39 is 0 Å². The Hall–Kier alpha value is -2.40. The van der Waals surface area contributed by atoms with Crippen LogP contribution in [0.2, 0.25) is 0 Å². The van der Waals surface area contributed by atoms with Crippen molar-refractivity contribution in [3.05, 3.63) is 64.4 Å². The summed E-state index contributed by atoms with van der Waals surface area (Å²) in [7, 11) is 0. The van der Waals surface area contributed by atoms with Crippen LogP contribution in [0.1, 0.15) is 22.5 Å². The average Bonchev–Trinajstić information content (AvgIpc) is 3.10. The van der Waals surface area contributed by atoms with Crippen LogP contribution < -0.4 is 5.43 Å². The number of aromatic nitrogens is 2. The highest BCUT2D eigenvalue weighted by Crippen LogP contribution is 2.21. The van der Waals surface area contributed by atoms with Crippen LogP contribution in [0.15, 0.2) is 47.0 Å². The molecule has 112 valence electrons. The molecule has 0 radical (unpaired) electrons. The Bertz CT molecular complexity index is 800. The number of para-hydroxylation sites is 1. The summed E-state index contributed by atoms with van der Waals surface area (Å²) in [5.74, 6) is 0. The normalized spacial score (nSPS) is 11.2. The number of nitrogens with zero attached hydrogens (tertiary/aromatic N) is 3. The molecule has 22 heavy (non-hydrogen) atoms. The molecule has 5 heteroatoms. The van der Waals surface area contributed by atoms with E-state index in [9.17, 15) is 0 Å². The summed E-state index contributed by atoms with van der Waals surface area (Å²) in [5.41, 5.74) is 8.68. The molecule has 3 aromatic rings. The number of hydrogen-bond donors (Lipinski definition) is 1. The highest BCUT2D eigenvalue weighted by Gasteiger charge is 2.10. The van der Waals surface area contributed by atoms with E-state index in [0.29, 0.717) is 0 Å². The van der Waals surface area contributed by atoms with E-state index in [2.05, 4.69) is 53.0 Å². The standard InChI is InChI=1S/C17H18N4S/c1-12-6-4-5-7-16(12)20-19-11-15-10-13(2)21(14(15)3)17-18-8-9-22-17/h4-11,20H,1-3H3/b19-11-. The van der Waals surface area contributed by atoms with Gasteiger partial charge in [0.05, 0.1) is 11.9 Å². The average molecular weight is 310 g/mol. The molecule has 0 aliphatic heterocycles. The summed E-state index contributed by atoms with van der Waals surface area (Å²) in [6.07, 6.45) is 3.69. The van der Waals surface area contributed by atoms with Gasteiger partial charge in [0, 0.05) is 28.5 Å². The fourth-order valence-corrected chi connectivity index (χ4v) is 3.16. The Morgan fingerprint density at radius 2 is 2.05 bits per heavy atom. The Balaban J connectivity index is 1.83. The third-order valence-corrected chi connectivity index (χ3v) is 4.37. The quantitative estimate of drug-likeness (QED) is 0.576. The lowest BCUT2D eigenvalue weighted by molar-refractivity contribution is 0.949. The molecule has 0 fully saturated rings. The van der Waals surface area contributed by atoms with Gasteiger partial charge in [-0.05, 0) is 38.5 Å². The number of hydrogen-bond acceptors (Lipinski definition) is 4. The van der Waals surface area contributed by atoms with Crippen LogP contribution in [0, 0.1) is 20.8 Å². The van der Waals surface area contributed by atoms with E-state index >= 15 is 0 Å².